The molecule has 0 aromatic heterocycles. The number of halogens is 1. The number of para-hydroxylation sites is 1. The maximum atomic E-state index is 12.3. The fraction of sp³-hybridized carbons (Fsp3) is 0.300. The lowest BCUT2D eigenvalue weighted by Crippen LogP contribution is -2.29. The Morgan fingerprint density at radius 2 is 1.85 bits per heavy atom. The van der Waals surface area contributed by atoms with E-state index in [-0.39, 0.29) is 18.4 Å². The van der Waals surface area contributed by atoms with E-state index in [1.165, 1.54) is 0 Å². The Kier molecular flexibility index (Phi) is 7.49. The van der Waals surface area contributed by atoms with Crippen LogP contribution in [0.5, 0.6) is 5.75 Å². The van der Waals surface area contributed by atoms with Gasteiger partial charge >= 0.3 is 0 Å². The summed E-state index contributed by atoms with van der Waals surface area (Å²) in [6.45, 7) is 4.60. The normalized spacial score (nSPS) is 10.4. The van der Waals surface area contributed by atoms with Crippen LogP contribution >= 0.6 is 11.6 Å². The van der Waals surface area contributed by atoms with Crippen molar-refractivity contribution in [1.82, 2.24) is 5.32 Å². The van der Waals surface area contributed by atoms with Crippen LogP contribution in [0.3, 0.4) is 0 Å². The van der Waals surface area contributed by atoms with E-state index in [0.717, 1.165) is 0 Å². The third-order valence-corrected chi connectivity index (χ3v) is 4.06. The van der Waals surface area contributed by atoms with Gasteiger partial charge in [-0.15, -0.1) is 0 Å². The van der Waals surface area contributed by atoms with Crippen LogP contribution in [0.2, 0.25) is 5.02 Å². The topological polar surface area (TPSA) is 79.5 Å². The third kappa shape index (κ3) is 6.18. The fourth-order valence-electron chi connectivity index (χ4n) is 2.32. The van der Waals surface area contributed by atoms with Gasteiger partial charge in [0, 0.05) is 12.6 Å². The van der Waals surface area contributed by atoms with Gasteiger partial charge in [0.25, 0.3) is 5.91 Å². The number of anilines is 2. The molecule has 0 heterocycles. The number of rotatable bonds is 8. The average molecular weight is 390 g/mol. The minimum absolute atomic E-state index is 0.00512. The highest BCUT2D eigenvalue weighted by atomic mass is 35.5. The Bertz CT molecular complexity index is 809. The molecule has 2 rings (SSSR count). The monoisotopic (exact) mass is 389 g/mol. The minimum Gasteiger partial charge on any atom is -0.497 e. The molecule has 144 valence electrons. The molecule has 0 saturated heterocycles. The molecule has 0 saturated carbocycles. The van der Waals surface area contributed by atoms with Crippen molar-refractivity contribution in [3.63, 3.8) is 0 Å². The summed E-state index contributed by atoms with van der Waals surface area (Å²) >= 11 is 6.12. The summed E-state index contributed by atoms with van der Waals surface area (Å²) in [7, 11) is 1.56. The number of carbonyl (C=O) groups is 2. The molecule has 2 aromatic rings. The summed E-state index contributed by atoms with van der Waals surface area (Å²) in [5.74, 6) is 0.461. The van der Waals surface area contributed by atoms with Crippen LogP contribution in [-0.4, -0.2) is 32.0 Å². The van der Waals surface area contributed by atoms with Crippen LogP contribution in [0.15, 0.2) is 42.5 Å². The van der Waals surface area contributed by atoms with Crippen molar-refractivity contribution >= 4 is 34.8 Å². The summed E-state index contributed by atoms with van der Waals surface area (Å²) in [6.07, 6.45) is 0. The summed E-state index contributed by atoms with van der Waals surface area (Å²) in [5, 5.41) is 9.07. The lowest BCUT2D eigenvalue weighted by atomic mass is 10.1. The maximum Gasteiger partial charge on any atom is 0.253 e. The molecule has 3 N–H and O–H groups in total. The second-order valence-corrected chi connectivity index (χ2v) is 6.80. The molecule has 0 aliphatic rings. The Balaban J connectivity index is 2.01. The van der Waals surface area contributed by atoms with Gasteiger partial charge in [0.05, 0.1) is 35.6 Å². The van der Waals surface area contributed by atoms with Gasteiger partial charge in [0.2, 0.25) is 5.91 Å². The molecular weight excluding hydrogens is 366 g/mol. The molecule has 2 amide bonds. The number of hydrogen-bond acceptors (Lipinski definition) is 4. The molecule has 0 aliphatic heterocycles. The van der Waals surface area contributed by atoms with Crippen LogP contribution in [0, 0.1) is 5.92 Å². The van der Waals surface area contributed by atoms with Gasteiger partial charge in [-0.3, -0.25) is 9.59 Å². The van der Waals surface area contributed by atoms with Crippen LogP contribution in [0.4, 0.5) is 11.4 Å². The van der Waals surface area contributed by atoms with Gasteiger partial charge in [0.1, 0.15) is 5.75 Å². The molecule has 0 radical (unpaired) electrons. The molecule has 27 heavy (non-hydrogen) atoms. The molecule has 7 heteroatoms. The zero-order chi connectivity index (χ0) is 19.8. The first-order valence-electron chi connectivity index (χ1n) is 8.65. The van der Waals surface area contributed by atoms with E-state index in [1.54, 1.807) is 49.6 Å². The molecule has 0 unspecified atom stereocenters. The number of carbonyl (C=O) groups excluding carboxylic acids is 2. The largest absolute Gasteiger partial charge is 0.497 e. The van der Waals surface area contributed by atoms with Gasteiger partial charge < -0.3 is 20.7 Å². The number of hydrogen-bond donors (Lipinski definition) is 3. The number of benzene rings is 2. The van der Waals surface area contributed by atoms with Crippen molar-refractivity contribution in [2.45, 2.75) is 13.8 Å². The Morgan fingerprint density at radius 1 is 1.11 bits per heavy atom. The van der Waals surface area contributed by atoms with E-state index < -0.39 is 0 Å². The maximum absolute atomic E-state index is 12.3. The van der Waals surface area contributed by atoms with Crippen molar-refractivity contribution in [1.29, 1.82) is 0 Å². The molecule has 0 aliphatic carbocycles. The summed E-state index contributed by atoms with van der Waals surface area (Å²) in [4.78, 5) is 24.6. The van der Waals surface area contributed by atoms with E-state index in [0.29, 0.717) is 40.2 Å². The Hall–Kier alpha value is -2.73. The number of ether oxygens (including phenoxy) is 1. The molecule has 6 nitrogen and oxygen atoms in total. The summed E-state index contributed by atoms with van der Waals surface area (Å²) < 4.78 is 5.15. The number of methoxy groups -OCH3 is 1. The molecule has 0 bridgehead atoms. The smallest absolute Gasteiger partial charge is 0.253 e. The lowest BCUT2D eigenvalue weighted by Gasteiger charge is -2.13. The predicted molar refractivity (Wildman–Crippen MR) is 109 cm³/mol. The van der Waals surface area contributed by atoms with E-state index in [4.69, 9.17) is 16.3 Å². The summed E-state index contributed by atoms with van der Waals surface area (Å²) in [5.41, 5.74) is 1.47. The molecule has 0 spiro atoms. The van der Waals surface area contributed by atoms with Crippen LogP contribution < -0.4 is 20.7 Å². The Morgan fingerprint density at radius 3 is 2.56 bits per heavy atom. The first-order valence-corrected chi connectivity index (χ1v) is 9.03. The minimum atomic E-state index is -0.294. The average Bonchev–Trinajstić information content (AvgIpc) is 2.66. The Labute approximate surface area is 164 Å². The van der Waals surface area contributed by atoms with Gasteiger partial charge in [-0.05, 0) is 30.2 Å². The van der Waals surface area contributed by atoms with Crippen molar-refractivity contribution in [3.05, 3.63) is 53.1 Å². The van der Waals surface area contributed by atoms with Crippen molar-refractivity contribution in [3.8, 4) is 5.75 Å². The van der Waals surface area contributed by atoms with Crippen molar-refractivity contribution < 1.29 is 14.3 Å². The first-order chi connectivity index (χ1) is 12.9. The molecule has 0 fully saturated rings. The zero-order valence-corrected chi connectivity index (χ0v) is 16.4. The van der Waals surface area contributed by atoms with Crippen LogP contribution in [0.25, 0.3) is 0 Å². The highest BCUT2D eigenvalue weighted by Gasteiger charge is 2.13. The van der Waals surface area contributed by atoms with Crippen LogP contribution in [0.1, 0.15) is 24.2 Å². The first kappa shape index (κ1) is 20.6. The second-order valence-electron chi connectivity index (χ2n) is 6.40. The van der Waals surface area contributed by atoms with Gasteiger partial charge in [-0.1, -0.05) is 37.6 Å². The van der Waals surface area contributed by atoms with E-state index >= 15 is 0 Å². The fourth-order valence-corrected chi connectivity index (χ4v) is 2.50. The zero-order valence-electron chi connectivity index (χ0n) is 15.6. The number of nitrogens with one attached hydrogen (secondary N) is 3. The van der Waals surface area contributed by atoms with Crippen molar-refractivity contribution in [2.24, 2.45) is 5.92 Å². The second kappa shape index (κ2) is 9.83. The third-order valence-electron chi connectivity index (χ3n) is 3.73. The quantitative estimate of drug-likeness (QED) is 0.641. The van der Waals surface area contributed by atoms with E-state index in [1.807, 2.05) is 13.8 Å². The van der Waals surface area contributed by atoms with Gasteiger partial charge in [-0.2, -0.15) is 0 Å². The van der Waals surface area contributed by atoms with E-state index in [2.05, 4.69) is 16.0 Å². The highest BCUT2D eigenvalue weighted by Crippen LogP contribution is 2.26. The molecule has 0 atom stereocenters. The number of amides is 2. The lowest BCUT2D eigenvalue weighted by molar-refractivity contribution is -0.114. The van der Waals surface area contributed by atoms with Gasteiger partial charge in [-0.25, -0.2) is 0 Å². The standard InChI is InChI=1S/C20H24ClN3O3/c1-13(2)11-23-20(26)15-6-4-5-7-17(15)24-19(25)12-22-18-10-14(27-3)8-9-16(18)21/h4-10,13,22H,11-12H2,1-3H3,(H,23,26)(H,24,25). The van der Waals surface area contributed by atoms with Crippen LogP contribution in [-0.2, 0) is 4.79 Å². The predicted octanol–water partition coefficient (Wildman–Crippen LogP) is 3.79. The highest BCUT2D eigenvalue weighted by molar-refractivity contribution is 6.33. The SMILES string of the molecule is COc1ccc(Cl)c(NCC(=O)Nc2ccccc2C(=O)NCC(C)C)c1. The molecular formula is C20H24ClN3O3. The summed E-state index contributed by atoms with van der Waals surface area (Å²) in [6, 6.07) is 12.0. The van der Waals surface area contributed by atoms with Crippen molar-refractivity contribution in [2.75, 3.05) is 30.8 Å². The van der Waals surface area contributed by atoms with Gasteiger partial charge in [0.15, 0.2) is 0 Å². The molecule has 2 aromatic carbocycles. The van der Waals surface area contributed by atoms with E-state index in [9.17, 15) is 9.59 Å².